The van der Waals surface area contributed by atoms with Crippen LogP contribution in [-0.2, 0) is 0 Å². The molecule has 1 fully saturated rings. The van der Waals surface area contributed by atoms with Crippen molar-refractivity contribution < 1.29 is 18.3 Å². The molecule has 6 nitrogen and oxygen atoms in total. The molecule has 3 rings (SSSR count). The Morgan fingerprint density at radius 3 is 2.74 bits per heavy atom. The van der Waals surface area contributed by atoms with E-state index < -0.39 is 13.0 Å². The second-order valence-corrected chi connectivity index (χ2v) is 7.03. The van der Waals surface area contributed by atoms with Crippen LogP contribution in [0.25, 0.3) is 0 Å². The van der Waals surface area contributed by atoms with Crippen LogP contribution in [0.5, 0.6) is 5.88 Å². The van der Waals surface area contributed by atoms with Crippen LogP contribution < -0.4 is 10.1 Å². The van der Waals surface area contributed by atoms with Crippen LogP contribution >= 0.6 is 11.3 Å². The fourth-order valence-corrected chi connectivity index (χ4v) is 3.68. The van der Waals surface area contributed by atoms with E-state index in [1.807, 2.05) is 0 Å². The van der Waals surface area contributed by atoms with Gasteiger partial charge in [0.2, 0.25) is 5.88 Å². The summed E-state index contributed by atoms with van der Waals surface area (Å²) in [6, 6.07) is 6.88. The predicted octanol–water partition coefficient (Wildman–Crippen LogP) is 3.70. The van der Waals surface area contributed by atoms with Crippen LogP contribution in [0.3, 0.4) is 0 Å². The number of ether oxygens (including phenoxy) is 1. The van der Waals surface area contributed by atoms with Gasteiger partial charge in [-0.25, -0.2) is 13.6 Å². The van der Waals surface area contributed by atoms with Crippen molar-refractivity contribution in [1.29, 1.82) is 0 Å². The van der Waals surface area contributed by atoms with Crippen molar-refractivity contribution in [2.75, 3.05) is 38.1 Å². The number of nitrogens with one attached hydrogen (secondary N) is 1. The maximum atomic E-state index is 12.4. The Hall–Kier alpha value is -2.26. The van der Waals surface area contributed by atoms with Crippen LogP contribution in [0.1, 0.15) is 18.5 Å². The Balaban J connectivity index is 1.50. The SMILES string of the molecule is CC(c1ccsc1)N1CCN(C(=O)Nc2cccc(OCC(F)F)n2)CC1. The zero-order valence-corrected chi connectivity index (χ0v) is 15.8. The standard InChI is InChI=1S/C18H22F2N4O2S/c1-13(14-5-10-27-12-14)23-6-8-24(9-7-23)18(25)22-16-3-2-4-17(21-16)26-11-15(19)20/h2-5,10,12-13,15H,6-9,11H2,1H3,(H,21,22,25). The molecule has 0 aromatic carbocycles. The Morgan fingerprint density at radius 1 is 1.30 bits per heavy atom. The molecule has 1 saturated heterocycles. The van der Waals surface area contributed by atoms with Gasteiger partial charge in [0.1, 0.15) is 5.82 Å². The Morgan fingerprint density at radius 2 is 2.07 bits per heavy atom. The van der Waals surface area contributed by atoms with E-state index in [1.54, 1.807) is 28.4 Å². The zero-order chi connectivity index (χ0) is 19.2. The maximum Gasteiger partial charge on any atom is 0.323 e. The van der Waals surface area contributed by atoms with Crippen molar-refractivity contribution in [2.45, 2.75) is 19.4 Å². The van der Waals surface area contributed by atoms with Gasteiger partial charge in [0.15, 0.2) is 6.61 Å². The predicted molar refractivity (Wildman–Crippen MR) is 101 cm³/mol. The number of carbonyl (C=O) groups excluding carboxylic acids is 1. The lowest BCUT2D eigenvalue weighted by molar-refractivity contribution is 0.0796. The minimum Gasteiger partial charge on any atom is -0.472 e. The van der Waals surface area contributed by atoms with E-state index >= 15 is 0 Å². The van der Waals surface area contributed by atoms with Crippen molar-refractivity contribution in [3.05, 3.63) is 40.6 Å². The number of hydrogen-bond donors (Lipinski definition) is 1. The summed E-state index contributed by atoms with van der Waals surface area (Å²) in [4.78, 5) is 20.6. The second-order valence-electron chi connectivity index (χ2n) is 6.25. The molecule has 0 spiro atoms. The number of urea groups is 1. The first-order valence-corrected chi connectivity index (χ1v) is 9.67. The van der Waals surface area contributed by atoms with E-state index in [1.165, 1.54) is 11.6 Å². The van der Waals surface area contributed by atoms with E-state index in [-0.39, 0.29) is 17.7 Å². The molecule has 1 aliphatic heterocycles. The van der Waals surface area contributed by atoms with Crippen molar-refractivity contribution in [1.82, 2.24) is 14.8 Å². The fourth-order valence-electron chi connectivity index (χ4n) is 2.94. The third kappa shape index (κ3) is 5.36. The number of pyridine rings is 1. The number of halogens is 2. The number of nitrogens with zero attached hydrogens (tertiary/aromatic N) is 3. The van der Waals surface area contributed by atoms with Gasteiger partial charge in [-0.1, -0.05) is 6.07 Å². The van der Waals surface area contributed by atoms with Crippen LogP contribution in [-0.4, -0.2) is 60.0 Å². The lowest BCUT2D eigenvalue weighted by atomic mass is 10.1. The molecule has 0 bridgehead atoms. The highest BCUT2D eigenvalue weighted by Gasteiger charge is 2.25. The first-order valence-electron chi connectivity index (χ1n) is 8.73. The van der Waals surface area contributed by atoms with Gasteiger partial charge in [-0.3, -0.25) is 10.2 Å². The van der Waals surface area contributed by atoms with Crippen molar-refractivity contribution in [3.63, 3.8) is 0 Å². The molecule has 146 valence electrons. The molecule has 1 atom stereocenters. The number of hydrogen-bond acceptors (Lipinski definition) is 5. The normalized spacial score (nSPS) is 16.4. The molecule has 27 heavy (non-hydrogen) atoms. The van der Waals surface area contributed by atoms with E-state index in [9.17, 15) is 13.6 Å². The van der Waals surface area contributed by atoms with Gasteiger partial charge in [-0.15, -0.1) is 0 Å². The molecule has 1 N–H and O–H groups in total. The highest BCUT2D eigenvalue weighted by Crippen LogP contribution is 2.23. The van der Waals surface area contributed by atoms with Gasteiger partial charge in [0.25, 0.3) is 6.43 Å². The third-order valence-electron chi connectivity index (χ3n) is 4.49. The largest absolute Gasteiger partial charge is 0.472 e. The van der Waals surface area contributed by atoms with Gasteiger partial charge < -0.3 is 9.64 Å². The molecule has 0 radical (unpaired) electrons. The molecular weight excluding hydrogens is 374 g/mol. The van der Waals surface area contributed by atoms with Crippen molar-refractivity contribution in [3.8, 4) is 5.88 Å². The number of thiophene rings is 1. The average Bonchev–Trinajstić information content (AvgIpc) is 3.21. The smallest absolute Gasteiger partial charge is 0.323 e. The summed E-state index contributed by atoms with van der Waals surface area (Å²) < 4.78 is 29.3. The molecule has 2 amide bonds. The topological polar surface area (TPSA) is 57.7 Å². The van der Waals surface area contributed by atoms with Crippen LogP contribution in [0, 0.1) is 0 Å². The Bertz CT molecular complexity index is 737. The summed E-state index contributed by atoms with van der Waals surface area (Å²) >= 11 is 1.68. The molecular formula is C18H22F2N4O2S. The summed E-state index contributed by atoms with van der Waals surface area (Å²) in [5.74, 6) is 0.336. The zero-order valence-electron chi connectivity index (χ0n) is 15.0. The van der Waals surface area contributed by atoms with Gasteiger partial charge in [-0.2, -0.15) is 16.3 Å². The number of amides is 2. The van der Waals surface area contributed by atoms with Gasteiger partial charge >= 0.3 is 6.03 Å². The van der Waals surface area contributed by atoms with E-state index in [0.717, 1.165) is 13.1 Å². The van der Waals surface area contributed by atoms with Gasteiger partial charge in [0.05, 0.1) is 0 Å². The van der Waals surface area contributed by atoms with Crippen LogP contribution in [0.4, 0.5) is 19.4 Å². The highest BCUT2D eigenvalue weighted by molar-refractivity contribution is 7.07. The monoisotopic (exact) mass is 396 g/mol. The van der Waals surface area contributed by atoms with E-state index in [4.69, 9.17) is 4.74 Å². The molecule has 2 aromatic heterocycles. The van der Waals surface area contributed by atoms with E-state index in [2.05, 4.69) is 39.0 Å². The molecule has 0 saturated carbocycles. The summed E-state index contributed by atoms with van der Waals surface area (Å²) in [5.41, 5.74) is 1.29. The fraction of sp³-hybridized carbons (Fsp3) is 0.444. The molecule has 9 heteroatoms. The Labute approximate surface area is 160 Å². The van der Waals surface area contributed by atoms with Crippen LogP contribution in [0.2, 0.25) is 0 Å². The second kappa shape index (κ2) is 9.09. The Kier molecular flexibility index (Phi) is 6.57. The third-order valence-corrected chi connectivity index (χ3v) is 5.19. The van der Waals surface area contributed by atoms with Crippen molar-refractivity contribution in [2.24, 2.45) is 0 Å². The summed E-state index contributed by atoms with van der Waals surface area (Å²) in [6.07, 6.45) is -2.57. The van der Waals surface area contributed by atoms with Crippen molar-refractivity contribution >= 4 is 23.2 Å². The molecule has 3 heterocycles. The number of aromatic nitrogens is 1. The molecule has 2 aromatic rings. The van der Waals surface area contributed by atoms with Crippen LogP contribution in [0.15, 0.2) is 35.0 Å². The number of carbonyl (C=O) groups is 1. The molecule has 0 aliphatic carbocycles. The lowest BCUT2D eigenvalue weighted by Gasteiger charge is -2.37. The number of piperazine rings is 1. The number of anilines is 1. The quantitative estimate of drug-likeness (QED) is 0.809. The first-order chi connectivity index (χ1) is 13.0. The van der Waals surface area contributed by atoms with Gasteiger partial charge in [-0.05, 0) is 35.4 Å². The molecule has 1 aliphatic rings. The number of alkyl halides is 2. The highest BCUT2D eigenvalue weighted by atomic mass is 32.1. The summed E-state index contributed by atoms with van der Waals surface area (Å²) in [7, 11) is 0. The maximum absolute atomic E-state index is 12.4. The first kappa shape index (κ1) is 19.5. The minimum atomic E-state index is -2.57. The van der Waals surface area contributed by atoms with E-state index in [0.29, 0.717) is 19.1 Å². The lowest BCUT2D eigenvalue weighted by Crippen LogP contribution is -2.50. The summed E-state index contributed by atoms with van der Waals surface area (Å²) in [6.45, 7) is 4.25. The molecule has 1 unspecified atom stereocenters. The number of rotatable bonds is 6. The average molecular weight is 396 g/mol. The minimum absolute atomic E-state index is 0.0579. The summed E-state index contributed by atoms with van der Waals surface area (Å²) in [5, 5.41) is 6.93. The van der Waals surface area contributed by atoms with Gasteiger partial charge in [0, 0.05) is 38.3 Å².